The lowest BCUT2D eigenvalue weighted by atomic mass is 10.2. The molecule has 16 heavy (non-hydrogen) atoms. The van der Waals surface area contributed by atoms with Crippen LogP contribution in [0.15, 0.2) is 12.1 Å². The molecule has 1 heterocycles. The van der Waals surface area contributed by atoms with Crippen LogP contribution in [0.3, 0.4) is 0 Å². The molecule has 0 fully saturated rings. The van der Waals surface area contributed by atoms with Crippen molar-refractivity contribution in [1.82, 2.24) is 5.32 Å². The molecule has 0 aromatic carbocycles. The summed E-state index contributed by atoms with van der Waals surface area (Å²) in [7, 11) is 0. The van der Waals surface area contributed by atoms with Crippen LogP contribution in [0.25, 0.3) is 0 Å². The molecule has 2 N–H and O–H groups in total. The zero-order valence-electron chi connectivity index (χ0n) is 9.41. The molecule has 1 aromatic rings. The summed E-state index contributed by atoms with van der Waals surface area (Å²) in [5.41, 5.74) is 0. The van der Waals surface area contributed by atoms with Gasteiger partial charge in [0.2, 0.25) is 0 Å². The minimum Gasteiger partial charge on any atom is -0.384 e. The highest BCUT2D eigenvalue weighted by Gasteiger charge is 2.10. The summed E-state index contributed by atoms with van der Waals surface area (Å²) < 4.78 is 0. The molecule has 0 aliphatic heterocycles. The van der Waals surface area contributed by atoms with E-state index < -0.39 is 0 Å². The van der Waals surface area contributed by atoms with Crippen LogP contribution in [-0.4, -0.2) is 23.7 Å². The summed E-state index contributed by atoms with van der Waals surface area (Å²) in [4.78, 5) is 13.2. The standard InChI is InChI=1S/C12H15NO2S/c1-3-9(2)13-12(15)11-7-6-10(16-11)5-4-8-14/h6-7,9,14H,3,8H2,1-2H3,(H,13,15). The van der Waals surface area contributed by atoms with Gasteiger partial charge in [0.15, 0.2) is 0 Å². The van der Waals surface area contributed by atoms with Crippen LogP contribution in [0, 0.1) is 11.8 Å². The molecule has 1 aromatic heterocycles. The van der Waals surface area contributed by atoms with Crippen molar-refractivity contribution in [2.24, 2.45) is 0 Å². The summed E-state index contributed by atoms with van der Waals surface area (Å²) in [6.45, 7) is 3.84. The summed E-state index contributed by atoms with van der Waals surface area (Å²) in [6, 6.07) is 3.73. The van der Waals surface area contributed by atoms with Crippen LogP contribution in [0.1, 0.15) is 34.8 Å². The van der Waals surface area contributed by atoms with Crippen LogP contribution >= 0.6 is 11.3 Å². The Balaban J connectivity index is 2.67. The molecule has 1 atom stereocenters. The number of rotatable bonds is 3. The van der Waals surface area contributed by atoms with Crippen LogP contribution in [0.4, 0.5) is 0 Å². The Kier molecular flexibility index (Phi) is 5.03. The molecule has 1 rings (SSSR count). The molecule has 0 radical (unpaired) electrons. The van der Waals surface area contributed by atoms with Crippen molar-refractivity contribution in [3.05, 3.63) is 21.9 Å². The maximum atomic E-state index is 11.7. The lowest BCUT2D eigenvalue weighted by Gasteiger charge is -2.09. The third-order valence-corrected chi connectivity index (χ3v) is 3.11. The predicted octanol–water partition coefficient (Wildman–Crippen LogP) is 1.62. The van der Waals surface area contributed by atoms with E-state index in [9.17, 15) is 4.79 Å². The summed E-state index contributed by atoms with van der Waals surface area (Å²) in [5.74, 6) is 5.27. The number of carbonyl (C=O) groups excluding carboxylic acids is 1. The van der Waals surface area contributed by atoms with Gasteiger partial charge in [0.25, 0.3) is 5.91 Å². The van der Waals surface area contributed by atoms with E-state index in [1.807, 2.05) is 13.8 Å². The number of nitrogens with one attached hydrogen (secondary N) is 1. The fourth-order valence-corrected chi connectivity index (χ4v) is 1.83. The molecular formula is C12H15NO2S. The molecule has 0 saturated carbocycles. The fourth-order valence-electron chi connectivity index (χ4n) is 1.05. The highest BCUT2D eigenvalue weighted by atomic mass is 32.1. The van der Waals surface area contributed by atoms with Gasteiger partial charge < -0.3 is 10.4 Å². The highest BCUT2D eigenvalue weighted by molar-refractivity contribution is 7.14. The van der Waals surface area contributed by atoms with Gasteiger partial charge in [-0.2, -0.15) is 0 Å². The molecule has 1 amide bonds. The van der Waals surface area contributed by atoms with E-state index in [1.54, 1.807) is 12.1 Å². The maximum Gasteiger partial charge on any atom is 0.261 e. The Morgan fingerprint density at radius 2 is 2.38 bits per heavy atom. The number of thiophene rings is 1. The van der Waals surface area contributed by atoms with Crippen molar-refractivity contribution in [2.45, 2.75) is 26.3 Å². The summed E-state index contributed by atoms with van der Waals surface area (Å²) in [5, 5.41) is 11.4. The first-order chi connectivity index (χ1) is 7.67. The molecule has 3 nitrogen and oxygen atoms in total. The Hall–Kier alpha value is -1.31. The van der Waals surface area contributed by atoms with Gasteiger partial charge in [0.05, 0.1) is 9.75 Å². The van der Waals surface area contributed by atoms with Gasteiger partial charge in [-0.15, -0.1) is 11.3 Å². The van der Waals surface area contributed by atoms with Crippen LogP contribution < -0.4 is 5.32 Å². The highest BCUT2D eigenvalue weighted by Crippen LogP contribution is 2.15. The van der Waals surface area contributed by atoms with Crippen molar-refractivity contribution >= 4 is 17.2 Å². The van der Waals surface area contributed by atoms with Gasteiger partial charge in [-0.3, -0.25) is 4.79 Å². The number of amides is 1. The lowest BCUT2D eigenvalue weighted by molar-refractivity contribution is 0.0943. The average Bonchev–Trinajstić information content (AvgIpc) is 2.74. The van der Waals surface area contributed by atoms with E-state index in [2.05, 4.69) is 17.2 Å². The Bertz CT molecular complexity index is 414. The molecular weight excluding hydrogens is 222 g/mol. The van der Waals surface area contributed by atoms with Gasteiger partial charge in [0.1, 0.15) is 6.61 Å². The van der Waals surface area contributed by atoms with E-state index in [1.165, 1.54) is 11.3 Å². The Morgan fingerprint density at radius 1 is 1.62 bits per heavy atom. The molecule has 1 unspecified atom stereocenters. The van der Waals surface area contributed by atoms with Crippen molar-refractivity contribution in [3.8, 4) is 11.8 Å². The van der Waals surface area contributed by atoms with Crippen LogP contribution in [-0.2, 0) is 0 Å². The molecule has 0 saturated heterocycles. The average molecular weight is 237 g/mol. The number of aliphatic hydroxyl groups excluding tert-OH is 1. The molecule has 0 aliphatic rings. The monoisotopic (exact) mass is 237 g/mol. The number of carbonyl (C=O) groups is 1. The predicted molar refractivity (Wildman–Crippen MR) is 65.5 cm³/mol. The van der Waals surface area contributed by atoms with Gasteiger partial charge in [0, 0.05) is 6.04 Å². The number of hydrogen-bond acceptors (Lipinski definition) is 3. The van der Waals surface area contributed by atoms with Gasteiger partial charge >= 0.3 is 0 Å². The van der Waals surface area contributed by atoms with Crippen molar-refractivity contribution in [2.75, 3.05) is 6.61 Å². The lowest BCUT2D eigenvalue weighted by Crippen LogP contribution is -2.31. The van der Waals surface area contributed by atoms with Crippen LogP contribution in [0.2, 0.25) is 0 Å². The number of aliphatic hydroxyl groups is 1. The first-order valence-corrected chi connectivity index (χ1v) is 5.99. The van der Waals surface area contributed by atoms with E-state index in [0.717, 1.165) is 11.3 Å². The second-order valence-corrected chi connectivity index (χ2v) is 4.49. The first-order valence-electron chi connectivity index (χ1n) is 5.17. The van der Waals surface area contributed by atoms with Gasteiger partial charge in [-0.05, 0) is 25.5 Å². The Labute approximate surface area is 99.5 Å². The van der Waals surface area contributed by atoms with E-state index in [-0.39, 0.29) is 18.6 Å². The third kappa shape index (κ3) is 3.69. The minimum absolute atomic E-state index is 0.0589. The van der Waals surface area contributed by atoms with E-state index >= 15 is 0 Å². The van der Waals surface area contributed by atoms with Gasteiger partial charge in [-0.1, -0.05) is 18.8 Å². The third-order valence-electron chi connectivity index (χ3n) is 2.11. The second kappa shape index (κ2) is 6.31. The maximum absolute atomic E-state index is 11.7. The zero-order chi connectivity index (χ0) is 12.0. The molecule has 4 heteroatoms. The fraction of sp³-hybridized carbons (Fsp3) is 0.417. The normalized spacial score (nSPS) is 11.4. The zero-order valence-corrected chi connectivity index (χ0v) is 10.2. The van der Waals surface area contributed by atoms with Crippen molar-refractivity contribution < 1.29 is 9.90 Å². The number of hydrogen-bond donors (Lipinski definition) is 2. The van der Waals surface area contributed by atoms with E-state index in [0.29, 0.717) is 4.88 Å². The van der Waals surface area contributed by atoms with Crippen molar-refractivity contribution in [1.29, 1.82) is 0 Å². The molecule has 0 aliphatic carbocycles. The van der Waals surface area contributed by atoms with Gasteiger partial charge in [-0.25, -0.2) is 0 Å². The summed E-state index contributed by atoms with van der Waals surface area (Å²) >= 11 is 1.34. The molecule has 0 bridgehead atoms. The quantitative estimate of drug-likeness (QED) is 0.785. The summed E-state index contributed by atoms with van der Waals surface area (Å²) in [6.07, 6.45) is 0.911. The smallest absolute Gasteiger partial charge is 0.261 e. The molecule has 0 spiro atoms. The SMILES string of the molecule is CCC(C)NC(=O)c1ccc(C#CCO)s1. The van der Waals surface area contributed by atoms with Crippen LogP contribution in [0.5, 0.6) is 0 Å². The Morgan fingerprint density at radius 3 is 3.00 bits per heavy atom. The second-order valence-electron chi connectivity index (χ2n) is 3.41. The minimum atomic E-state index is -0.160. The topological polar surface area (TPSA) is 49.3 Å². The van der Waals surface area contributed by atoms with Crippen molar-refractivity contribution in [3.63, 3.8) is 0 Å². The molecule has 86 valence electrons. The largest absolute Gasteiger partial charge is 0.384 e. The first kappa shape index (κ1) is 12.8. The van der Waals surface area contributed by atoms with E-state index in [4.69, 9.17) is 5.11 Å².